The molecule has 0 fully saturated rings. The Morgan fingerprint density at radius 1 is 0.905 bits per heavy atom. The van der Waals surface area contributed by atoms with E-state index in [-0.39, 0.29) is 0 Å². The van der Waals surface area contributed by atoms with Crippen LogP contribution in [-0.4, -0.2) is 9.97 Å². The summed E-state index contributed by atoms with van der Waals surface area (Å²) < 4.78 is 0. The van der Waals surface area contributed by atoms with Crippen LogP contribution >= 0.6 is 11.6 Å². The predicted octanol–water partition coefficient (Wildman–Crippen LogP) is 5.11. The molecule has 2 aromatic carbocycles. The summed E-state index contributed by atoms with van der Waals surface area (Å²) in [5, 5.41) is 6.28. The number of nitrogens with zero attached hydrogens (tertiary/aromatic N) is 1. The molecule has 0 bridgehead atoms. The Bertz CT molecular complexity index is 943. The third-order valence-electron chi connectivity index (χ3n) is 3.48. The first-order valence-corrected chi connectivity index (χ1v) is 7.06. The van der Waals surface area contributed by atoms with Gasteiger partial charge in [-0.2, -0.15) is 0 Å². The molecule has 0 aliphatic heterocycles. The van der Waals surface area contributed by atoms with Gasteiger partial charge in [0.05, 0.1) is 5.52 Å². The number of H-pyrrole nitrogens is 1. The quantitative estimate of drug-likeness (QED) is 0.539. The molecule has 21 heavy (non-hydrogen) atoms. The Morgan fingerprint density at radius 3 is 2.71 bits per heavy atom. The fraction of sp³-hybridized carbons (Fsp3) is 0. The van der Waals surface area contributed by atoms with Gasteiger partial charge >= 0.3 is 0 Å². The highest BCUT2D eigenvalue weighted by atomic mass is 35.5. The van der Waals surface area contributed by atoms with Crippen LogP contribution in [0.5, 0.6) is 0 Å². The number of halogens is 1. The molecule has 2 N–H and O–H groups in total. The lowest BCUT2D eigenvalue weighted by atomic mass is 10.2. The van der Waals surface area contributed by atoms with Gasteiger partial charge in [-0.25, -0.2) is 4.98 Å². The lowest BCUT2D eigenvalue weighted by molar-refractivity contribution is 1.37. The molecule has 0 aliphatic carbocycles. The lowest BCUT2D eigenvalue weighted by Crippen LogP contribution is -1.93. The van der Waals surface area contributed by atoms with Gasteiger partial charge in [0.25, 0.3) is 0 Å². The molecule has 4 aromatic rings. The van der Waals surface area contributed by atoms with Crippen molar-refractivity contribution in [1.82, 2.24) is 9.97 Å². The van der Waals surface area contributed by atoms with E-state index in [2.05, 4.69) is 33.5 Å². The largest absolute Gasteiger partial charge is 0.361 e. The first-order valence-electron chi connectivity index (χ1n) is 6.68. The molecule has 0 saturated carbocycles. The summed E-state index contributed by atoms with van der Waals surface area (Å²) in [7, 11) is 0. The Hall–Kier alpha value is -2.52. The maximum atomic E-state index is 6.02. The second-order valence-corrected chi connectivity index (χ2v) is 5.37. The highest BCUT2D eigenvalue weighted by molar-refractivity contribution is 6.31. The van der Waals surface area contributed by atoms with Crippen molar-refractivity contribution < 1.29 is 0 Å². The van der Waals surface area contributed by atoms with Crippen LogP contribution < -0.4 is 5.32 Å². The SMILES string of the molecule is Clc1ccc2ccc(Nc3ccc4cc[nH]c4c3)nc2c1. The third-order valence-corrected chi connectivity index (χ3v) is 3.72. The molecule has 102 valence electrons. The van der Waals surface area contributed by atoms with Crippen molar-refractivity contribution in [3.63, 3.8) is 0 Å². The highest BCUT2D eigenvalue weighted by Gasteiger charge is 2.01. The number of rotatable bonds is 2. The number of pyridine rings is 1. The summed E-state index contributed by atoms with van der Waals surface area (Å²) >= 11 is 6.02. The molecule has 0 amide bonds. The first-order chi connectivity index (χ1) is 10.3. The minimum Gasteiger partial charge on any atom is -0.361 e. The number of fused-ring (bicyclic) bond motifs is 2. The van der Waals surface area contributed by atoms with Gasteiger partial charge in [-0.3, -0.25) is 0 Å². The molecule has 2 heterocycles. The molecule has 0 atom stereocenters. The van der Waals surface area contributed by atoms with E-state index in [0.29, 0.717) is 5.02 Å². The number of aromatic nitrogens is 2. The van der Waals surface area contributed by atoms with Gasteiger partial charge in [0.1, 0.15) is 5.82 Å². The van der Waals surface area contributed by atoms with E-state index in [1.165, 1.54) is 5.39 Å². The second-order valence-electron chi connectivity index (χ2n) is 4.94. The van der Waals surface area contributed by atoms with Gasteiger partial charge in [0.2, 0.25) is 0 Å². The maximum absolute atomic E-state index is 6.02. The lowest BCUT2D eigenvalue weighted by Gasteiger charge is -2.07. The van der Waals surface area contributed by atoms with Crippen LogP contribution in [0.15, 0.2) is 60.8 Å². The fourth-order valence-electron chi connectivity index (χ4n) is 2.43. The van der Waals surface area contributed by atoms with Gasteiger partial charge in [-0.15, -0.1) is 0 Å². The summed E-state index contributed by atoms with van der Waals surface area (Å²) in [6.45, 7) is 0. The molecule has 0 unspecified atom stereocenters. The van der Waals surface area contributed by atoms with Crippen LogP contribution in [-0.2, 0) is 0 Å². The maximum Gasteiger partial charge on any atom is 0.131 e. The fourth-order valence-corrected chi connectivity index (χ4v) is 2.60. The molecule has 0 radical (unpaired) electrons. The van der Waals surface area contributed by atoms with Crippen LogP contribution in [0.25, 0.3) is 21.8 Å². The minimum atomic E-state index is 0.694. The summed E-state index contributed by atoms with van der Waals surface area (Å²) in [5.74, 6) is 0.802. The van der Waals surface area contributed by atoms with E-state index in [4.69, 9.17) is 11.6 Å². The predicted molar refractivity (Wildman–Crippen MR) is 88.3 cm³/mol. The standard InChI is InChI=1S/C17H12ClN3/c18-13-4-1-11-3-6-17(21-16(11)9-13)20-14-5-2-12-7-8-19-15(12)10-14/h1-10,19H,(H,20,21). The van der Waals surface area contributed by atoms with Crippen LogP contribution in [0.3, 0.4) is 0 Å². The summed E-state index contributed by atoms with van der Waals surface area (Å²) in [5.41, 5.74) is 2.98. The highest BCUT2D eigenvalue weighted by Crippen LogP contribution is 2.23. The van der Waals surface area contributed by atoms with Crippen LogP contribution in [0.1, 0.15) is 0 Å². The van der Waals surface area contributed by atoms with Crippen molar-refractivity contribution in [3.05, 3.63) is 65.8 Å². The normalized spacial score (nSPS) is 11.1. The van der Waals surface area contributed by atoms with E-state index in [0.717, 1.165) is 27.9 Å². The molecule has 3 nitrogen and oxygen atoms in total. The van der Waals surface area contributed by atoms with E-state index >= 15 is 0 Å². The number of benzene rings is 2. The molecule has 4 rings (SSSR count). The monoisotopic (exact) mass is 293 g/mol. The molecule has 4 heteroatoms. The molecular formula is C17H12ClN3. The molecule has 2 aromatic heterocycles. The van der Waals surface area contributed by atoms with Crippen LogP contribution in [0.2, 0.25) is 5.02 Å². The number of hydrogen-bond donors (Lipinski definition) is 2. The van der Waals surface area contributed by atoms with Crippen molar-refractivity contribution in [3.8, 4) is 0 Å². The average molecular weight is 294 g/mol. The molecular weight excluding hydrogens is 282 g/mol. The summed E-state index contributed by atoms with van der Waals surface area (Å²) in [6, 6.07) is 18.0. The van der Waals surface area contributed by atoms with Crippen molar-refractivity contribution in [1.29, 1.82) is 0 Å². The van der Waals surface area contributed by atoms with Gasteiger partial charge in [0, 0.05) is 27.8 Å². The zero-order valence-corrected chi connectivity index (χ0v) is 11.9. The number of hydrogen-bond acceptors (Lipinski definition) is 2. The Balaban J connectivity index is 1.72. The van der Waals surface area contributed by atoms with Crippen molar-refractivity contribution in [2.45, 2.75) is 0 Å². The van der Waals surface area contributed by atoms with E-state index < -0.39 is 0 Å². The van der Waals surface area contributed by atoms with E-state index in [9.17, 15) is 0 Å². The number of anilines is 2. The van der Waals surface area contributed by atoms with E-state index in [1.54, 1.807) is 0 Å². The minimum absolute atomic E-state index is 0.694. The van der Waals surface area contributed by atoms with Gasteiger partial charge in [-0.1, -0.05) is 23.7 Å². The van der Waals surface area contributed by atoms with Gasteiger partial charge < -0.3 is 10.3 Å². The van der Waals surface area contributed by atoms with Crippen molar-refractivity contribution in [2.75, 3.05) is 5.32 Å². The second kappa shape index (κ2) is 4.79. The zero-order valence-electron chi connectivity index (χ0n) is 11.1. The number of nitrogens with one attached hydrogen (secondary N) is 2. The van der Waals surface area contributed by atoms with Gasteiger partial charge in [-0.05, 0) is 47.9 Å². The Kier molecular flexibility index (Phi) is 2.79. The van der Waals surface area contributed by atoms with E-state index in [1.807, 2.05) is 42.6 Å². The molecule has 0 aliphatic rings. The van der Waals surface area contributed by atoms with Crippen molar-refractivity contribution >= 4 is 44.9 Å². The first kappa shape index (κ1) is 12.2. The van der Waals surface area contributed by atoms with Gasteiger partial charge in [0.15, 0.2) is 0 Å². The average Bonchev–Trinajstić information content (AvgIpc) is 2.94. The molecule has 0 saturated heterocycles. The van der Waals surface area contributed by atoms with Crippen LogP contribution in [0.4, 0.5) is 11.5 Å². The Morgan fingerprint density at radius 2 is 1.76 bits per heavy atom. The molecule has 0 spiro atoms. The Labute approximate surface area is 126 Å². The van der Waals surface area contributed by atoms with Crippen molar-refractivity contribution in [2.24, 2.45) is 0 Å². The smallest absolute Gasteiger partial charge is 0.131 e. The zero-order chi connectivity index (χ0) is 14.2. The number of aromatic amines is 1. The van der Waals surface area contributed by atoms with Crippen LogP contribution in [0, 0.1) is 0 Å². The third kappa shape index (κ3) is 2.32. The summed E-state index contributed by atoms with van der Waals surface area (Å²) in [6.07, 6.45) is 1.94. The summed E-state index contributed by atoms with van der Waals surface area (Å²) in [4.78, 5) is 7.80. The topological polar surface area (TPSA) is 40.7 Å².